The van der Waals surface area contributed by atoms with Crippen LogP contribution in [0, 0.1) is 0 Å². The molecule has 156 valence electrons. The van der Waals surface area contributed by atoms with Crippen LogP contribution in [0.2, 0.25) is 0 Å². The van der Waals surface area contributed by atoms with Crippen molar-refractivity contribution in [3.63, 3.8) is 0 Å². The Morgan fingerprint density at radius 3 is 2.52 bits per heavy atom. The van der Waals surface area contributed by atoms with E-state index >= 15 is 0 Å². The van der Waals surface area contributed by atoms with Gasteiger partial charge in [-0.25, -0.2) is 0 Å². The van der Waals surface area contributed by atoms with Crippen molar-refractivity contribution in [2.24, 2.45) is 0 Å². The Morgan fingerprint density at radius 2 is 1.79 bits per heavy atom. The maximum atomic E-state index is 12.8. The van der Waals surface area contributed by atoms with Crippen molar-refractivity contribution >= 4 is 5.91 Å². The van der Waals surface area contributed by atoms with Crippen LogP contribution >= 0.6 is 0 Å². The summed E-state index contributed by atoms with van der Waals surface area (Å²) < 4.78 is 16.8. The summed E-state index contributed by atoms with van der Waals surface area (Å²) in [5.74, 6) is 2.03. The summed E-state index contributed by atoms with van der Waals surface area (Å²) in [6.45, 7) is 3.85. The van der Waals surface area contributed by atoms with Gasteiger partial charge in [-0.2, -0.15) is 0 Å². The number of ether oxygens (including phenoxy) is 3. The number of aryl methyl sites for hydroxylation is 1. The van der Waals surface area contributed by atoms with Gasteiger partial charge < -0.3 is 19.5 Å². The molecule has 2 aromatic carbocycles. The van der Waals surface area contributed by atoms with Crippen LogP contribution in [0.5, 0.6) is 17.2 Å². The molecule has 0 saturated heterocycles. The highest BCUT2D eigenvalue weighted by molar-refractivity contribution is 5.81. The second-order valence-corrected chi connectivity index (χ2v) is 7.44. The summed E-state index contributed by atoms with van der Waals surface area (Å²) in [6.07, 6.45) is 4.68. The minimum atomic E-state index is -0.572. The monoisotopic (exact) mass is 397 g/mol. The summed E-state index contributed by atoms with van der Waals surface area (Å²) in [7, 11) is 3.22. The molecule has 0 aliphatic heterocycles. The van der Waals surface area contributed by atoms with E-state index in [0.717, 1.165) is 30.6 Å². The van der Waals surface area contributed by atoms with Crippen molar-refractivity contribution in [2.75, 3.05) is 14.2 Å². The largest absolute Gasteiger partial charge is 0.493 e. The third kappa shape index (κ3) is 4.84. The highest BCUT2D eigenvalue weighted by Crippen LogP contribution is 2.32. The van der Waals surface area contributed by atoms with Gasteiger partial charge in [0, 0.05) is 0 Å². The average Bonchev–Trinajstić information content (AvgIpc) is 2.77. The number of nitrogens with one attached hydrogen (secondary N) is 1. The summed E-state index contributed by atoms with van der Waals surface area (Å²) in [4.78, 5) is 12.8. The van der Waals surface area contributed by atoms with E-state index in [2.05, 4.69) is 11.4 Å². The molecule has 2 aromatic rings. The molecule has 0 spiro atoms. The van der Waals surface area contributed by atoms with E-state index in [1.54, 1.807) is 21.1 Å². The van der Waals surface area contributed by atoms with Gasteiger partial charge in [-0.05, 0) is 73.9 Å². The molecule has 0 fully saturated rings. The zero-order valence-corrected chi connectivity index (χ0v) is 17.8. The number of methoxy groups -OCH3 is 2. The number of amides is 1. The van der Waals surface area contributed by atoms with E-state index < -0.39 is 6.10 Å². The summed E-state index contributed by atoms with van der Waals surface area (Å²) in [5, 5.41) is 3.11. The van der Waals surface area contributed by atoms with Gasteiger partial charge in [-0.3, -0.25) is 4.79 Å². The lowest BCUT2D eigenvalue weighted by molar-refractivity contribution is -0.128. The van der Waals surface area contributed by atoms with Crippen molar-refractivity contribution in [1.29, 1.82) is 0 Å². The van der Waals surface area contributed by atoms with Gasteiger partial charge in [0.15, 0.2) is 17.6 Å². The fourth-order valence-electron chi connectivity index (χ4n) is 3.88. The van der Waals surface area contributed by atoms with Gasteiger partial charge in [0.1, 0.15) is 5.75 Å². The quantitative estimate of drug-likeness (QED) is 0.706. The first kappa shape index (κ1) is 21.0. The Kier molecular flexibility index (Phi) is 7.02. The molecule has 0 bridgehead atoms. The van der Waals surface area contributed by atoms with Crippen LogP contribution in [0.3, 0.4) is 0 Å². The minimum Gasteiger partial charge on any atom is -0.493 e. The van der Waals surface area contributed by atoms with Gasteiger partial charge in [0.2, 0.25) is 0 Å². The minimum absolute atomic E-state index is 0.125. The maximum absolute atomic E-state index is 12.8. The molecule has 1 N–H and O–H groups in total. The molecule has 3 rings (SSSR count). The fourth-order valence-corrected chi connectivity index (χ4v) is 3.88. The Morgan fingerprint density at radius 1 is 1.03 bits per heavy atom. The maximum Gasteiger partial charge on any atom is 0.261 e. The molecule has 2 atom stereocenters. The van der Waals surface area contributed by atoms with Crippen molar-refractivity contribution < 1.29 is 19.0 Å². The number of carbonyl (C=O) groups excluding carboxylic acids is 1. The number of rotatable bonds is 8. The van der Waals surface area contributed by atoms with Crippen LogP contribution in [0.4, 0.5) is 0 Å². The Balaban J connectivity index is 1.70. The van der Waals surface area contributed by atoms with Crippen LogP contribution in [-0.2, 0) is 17.6 Å². The fraction of sp³-hybridized carbons (Fsp3) is 0.458. The number of benzene rings is 2. The number of fused-ring (bicyclic) bond motifs is 1. The molecule has 5 heteroatoms. The molecule has 0 unspecified atom stereocenters. The van der Waals surface area contributed by atoms with Crippen molar-refractivity contribution in [1.82, 2.24) is 5.32 Å². The standard InChI is InChI=1S/C24H31NO4/c1-5-20(18-13-14-22(27-3)23(15-18)28-4)25-24(26)16(2)29-21-12-8-10-17-9-6-7-11-19(17)21/h8,10,12-16,20H,5-7,9,11H2,1-4H3,(H,25,26)/t16-,20-/m1/s1. The topological polar surface area (TPSA) is 56.8 Å². The molecule has 29 heavy (non-hydrogen) atoms. The first-order valence-electron chi connectivity index (χ1n) is 10.4. The Bertz CT molecular complexity index is 849. The third-order valence-corrected chi connectivity index (χ3v) is 5.56. The SMILES string of the molecule is CC[C@@H](NC(=O)[C@@H](C)Oc1cccc2c1CCCC2)c1ccc(OC)c(OC)c1. The second-order valence-electron chi connectivity index (χ2n) is 7.44. The molecular weight excluding hydrogens is 366 g/mol. The Labute approximate surface area is 173 Å². The summed E-state index contributed by atoms with van der Waals surface area (Å²) in [6, 6.07) is 11.7. The lowest BCUT2D eigenvalue weighted by atomic mass is 9.91. The average molecular weight is 398 g/mol. The first-order chi connectivity index (χ1) is 14.1. The van der Waals surface area contributed by atoms with Gasteiger partial charge in [-0.15, -0.1) is 0 Å². The molecule has 0 saturated carbocycles. The van der Waals surface area contributed by atoms with Crippen molar-refractivity contribution in [2.45, 2.75) is 58.1 Å². The normalized spacial score (nSPS) is 15.0. The van der Waals surface area contributed by atoms with E-state index in [1.165, 1.54) is 24.0 Å². The molecule has 1 aliphatic carbocycles. The van der Waals surface area contributed by atoms with Crippen LogP contribution in [-0.4, -0.2) is 26.2 Å². The zero-order valence-electron chi connectivity index (χ0n) is 17.8. The smallest absolute Gasteiger partial charge is 0.261 e. The van der Waals surface area contributed by atoms with E-state index in [0.29, 0.717) is 11.5 Å². The second kappa shape index (κ2) is 9.68. The Hall–Kier alpha value is -2.69. The number of carbonyl (C=O) groups is 1. The van der Waals surface area contributed by atoms with Crippen LogP contribution in [0.15, 0.2) is 36.4 Å². The first-order valence-corrected chi connectivity index (χ1v) is 10.4. The van der Waals surface area contributed by atoms with Crippen LogP contribution in [0.25, 0.3) is 0 Å². The lowest BCUT2D eigenvalue weighted by Gasteiger charge is -2.24. The van der Waals surface area contributed by atoms with E-state index in [4.69, 9.17) is 14.2 Å². The molecule has 1 amide bonds. The molecule has 0 heterocycles. The van der Waals surface area contributed by atoms with Crippen molar-refractivity contribution in [3.8, 4) is 17.2 Å². The van der Waals surface area contributed by atoms with Gasteiger partial charge in [0.25, 0.3) is 5.91 Å². The van der Waals surface area contributed by atoms with Crippen LogP contribution < -0.4 is 19.5 Å². The summed E-state index contributed by atoms with van der Waals surface area (Å²) >= 11 is 0. The third-order valence-electron chi connectivity index (χ3n) is 5.56. The molecule has 1 aliphatic rings. The number of hydrogen-bond acceptors (Lipinski definition) is 4. The highest BCUT2D eigenvalue weighted by atomic mass is 16.5. The number of hydrogen-bond donors (Lipinski definition) is 1. The lowest BCUT2D eigenvalue weighted by Crippen LogP contribution is -2.38. The van der Waals surface area contributed by atoms with Gasteiger partial charge in [-0.1, -0.05) is 25.1 Å². The zero-order chi connectivity index (χ0) is 20.8. The predicted molar refractivity (Wildman–Crippen MR) is 114 cm³/mol. The molecule has 0 radical (unpaired) electrons. The molecule has 0 aromatic heterocycles. The highest BCUT2D eigenvalue weighted by Gasteiger charge is 2.22. The molecular formula is C24H31NO4. The molecule has 5 nitrogen and oxygen atoms in total. The van der Waals surface area contributed by atoms with Gasteiger partial charge in [0.05, 0.1) is 20.3 Å². The summed E-state index contributed by atoms with van der Waals surface area (Å²) in [5.41, 5.74) is 3.58. The van der Waals surface area contributed by atoms with E-state index in [9.17, 15) is 4.79 Å². The van der Waals surface area contributed by atoms with Crippen LogP contribution in [0.1, 0.15) is 55.8 Å². The van der Waals surface area contributed by atoms with Gasteiger partial charge >= 0.3 is 0 Å². The van der Waals surface area contributed by atoms with Crippen molar-refractivity contribution in [3.05, 3.63) is 53.1 Å². The predicted octanol–water partition coefficient (Wildman–Crippen LogP) is 4.62. The van der Waals surface area contributed by atoms with E-state index in [-0.39, 0.29) is 11.9 Å². The van der Waals surface area contributed by atoms with E-state index in [1.807, 2.05) is 37.3 Å².